The molecule has 0 saturated carbocycles. The highest BCUT2D eigenvalue weighted by atomic mass is 35.5. The molecule has 6 heterocycles. The SMILES string of the molecule is Cn1cc(NC(=O)c2ccc3cnc(N4CC5CCC4CN5)nn23)c(Cl)n1. The van der Waals surface area contributed by atoms with Gasteiger partial charge in [-0.25, -0.2) is 9.50 Å². The number of amides is 1. The Labute approximate surface area is 160 Å². The lowest BCUT2D eigenvalue weighted by Crippen LogP contribution is -2.61. The minimum atomic E-state index is -0.295. The minimum Gasteiger partial charge on any atom is -0.334 e. The van der Waals surface area contributed by atoms with Crippen molar-refractivity contribution in [2.24, 2.45) is 7.05 Å². The molecule has 0 radical (unpaired) electrons. The number of piperidine rings is 2. The van der Waals surface area contributed by atoms with Gasteiger partial charge in [-0.2, -0.15) is 5.10 Å². The van der Waals surface area contributed by atoms with E-state index in [2.05, 4.69) is 30.7 Å². The third kappa shape index (κ3) is 2.83. The van der Waals surface area contributed by atoms with Crippen LogP contribution in [0.1, 0.15) is 23.3 Å². The molecule has 2 atom stereocenters. The van der Waals surface area contributed by atoms with Crippen molar-refractivity contribution in [2.75, 3.05) is 23.3 Å². The number of anilines is 2. The molecule has 140 valence electrons. The highest BCUT2D eigenvalue weighted by molar-refractivity contribution is 6.32. The zero-order chi connectivity index (χ0) is 18.5. The maximum Gasteiger partial charge on any atom is 0.274 e. The second-order valence-electron chi connectivity index (χ2n) is 7.06. The number of nitrogens with zero attached hydrogens (tertiary/aromatic N) is 6. The molecule has 2 N–H and O–H groups in total. The number of carbonyl (C=O) groups is 1. The minimum absolute atomic E-state index is 0.249. The molecule has 2 unspecified atom stereocenters. The molecule has 1 amide bonds. The molecular formula is C17H19ClN8O. The van der Waals surface area contributed by atoms with Crippen LogP contribution in [0.5, 0.6) is 0 Å². The van der Waals surface area contributed by atoms with Gasteiger partial charge in [0.15, 0.2) is 5.15 Å². The molecule has 2 bridgehead atoms. The van der Waals surface area contributed by atoms with Crippen molar-refractivity contribution in [1.29, 1.82) is 0 Å². The lowest BCUT2D eigenvalue weighted by atomic mass is 9.93. The largest absolute Gasteiger partial charge is 0.334 e. The first-order chi connectivity index (χ1) is 13.1. The molecule has 3 aliphatic rings. The Kier molecular flexibility index (Phi) is 3.80. The fourth-order valence-corrected chi connectivity index (χ4v) is 4.10. The van der Waals surface area contributed by atoms with E-state index in [-0.39, 0.29) is 11.1 Å². The number of fused-ring (bicyclic) bond motifs is 4. The van der Waals surface area contributed by atoms with Crippen LogP contribution in [0.4, 0.5) is 11.6 Å². The molecule has 9 nitrogen and oxygen atoms in total. The van der Waals surface area contributed by atoms with Gasteiger partial charge >= 0.3 is 0 Å². The highest BCUT2D eigenvalue weighted by Crippen LogP contribution is 2.26. The summed E-state index contributed by atoms with van der Waals surface area (Å²) in [6.07, 6.45) is 5.74. The number of rotatable bonds is 3. The molecule has 6 rings (SSSR count). The quantitative estimate of drug-likeness (QED) is 0.705. The molecular weight excluding hydrogens is 368 g/mol. The van der Waals surface area contributed by atoms with E-state index in [1.54, 1.807) is 34.7 Å². The van der Waals surface area contributed by atoms with Gasteiger partial charge in [-0.05, 0) is 25.0 Å². The summed E-state index contributed by atoms with van der Waals surface area (Å²) in [6, 6.07) is 4.44. The summed E-state index contributed by atoms with van der Waals surface area (Å²) >= 11 is 6.04. The van der Waals surface area contributed by atoms with E-state index in [1.165, 1.54) is 6.42 Å². The number of halogens is 1. The van der Waals surface area contributed by atoms with Gasteiger partial charge in [-0.1, -0.05) is 11.6 Å². The van der Waals surface area contributed by atoms with Crippen LogP contribution in [0, 0.1) is 0 Å². The number of nitrogens with one attached hydrogen (secondary N) is 2. The lowest BCUT2D eigenvalue weighted by Gasteiger charge is -2.45. The molecule has 3 fully saturated rings. The van der Waals surface area contributed by atoms with Crippen LogP contribution in [-0.4, -0.2) is 55.5 Å². The summed E-state index contributed by atoms with van der Waals surface area (Å²) in [7, 11) is 1.74. The zero-order valence-corrected chi connectivity index (χ0v) is 15.5. The van der Waals surface area contributed by atoms with E-state index in [0.29, 0.717) is 29.4 Å². The molecule has 0 spiro atoms. The fourth-order valence-electron chi connectivity index (χ4n) is 3.88. The molecule has 3 aromatic rings. The summed E-state index contributed by atoms with van der Waals surface area (Å²) in [4.78, 5) is 19.5. The second-order valence-corrected chi connectivity index (χ2v) is 7.42. The van der Waals surface area contributed by atoms with Crippen LogP contribution in [0.15, 0.2) is 24.5 Å². The van der Waals surface area contributed by atoms with Crippen molar-refractivity contribution in [3.63, 3.8) is 0 Å². The Balaban J connectivity index is 1.46. The van der Waals surface area contributed by atoms with Gasteiger partial charge in [0.05, 0.1) is 17.4 Å². The topological polar surface area (TPSA) is 92.4 Å². The summed E-state index contributed by atoms with van der Waals surface area (Å²) in [5, 5.41) is 15.3. The van der Waals surface area contributed by atoms with Crippen molar-refractivity contribution in [1.82, 2.24) is 29.7 Å². The average Bonchev–Trinajstić information content (AvgIpc) is 3.24. The Bertz CT molecular complexity index is 1020. The molecule has 3 aliphatic heterocycles. The maximum atomic E-state index is 12.8. The Morgan fingerprint density at radius 3 is 2.89 bits per heavy atom. The Morgan fingerprint density at radius 2 is 2.22 bits per heavy atom. The van der Waals surface area contributed by atoms with E-state index in [1.807, 2.05) is 6.07 Å². The van der Waals surface area contributed by atoms with Crippen LogP contribution in [0.2, 0.25) is 5.15 Å². The van der Waals surface area contributed by atoms with Crippen LogP contribution >= 0.6 is 11.6 Å². The lowest BCUT2D eigenvalue weighted by molar-refractivity contribution is 0.102. The summed E-state index contributed by atoms with van der Waals surface area (Å²) < 4.78 is 3.19. The first kappa shape index (κ1) is 16.5. The van der Waals surface area contributed by atoms with E-state index in [9.17, 15) is 4.79 Å². The molecule has 0 aliphatic carbocycles. The number of hydrogen-bond donors (Lipinski definition) is 2. The van der Waals surface area contributed by atoms with Gasteiger partial charge in [0.25, 0.3) is 5.91 Å². The van der Waals surface area contributed by atoms with Crippen molar-refractivity contribution in [3.8, 4) is 0 Å². The van der Waals surface area contributed by atoms with E-state index >= 15 is 0 Å². The third-order valence-corrected chi connectivity index (χ3v) is 5.54. The number of aromatic nitrogens is 5. The van der Waals surface area contributed by atoms with Crippen molar-refractivity contribution in [2.45, 2.75) is 24.9 Å². The van der Waals surface area contributed by atoms with Gasteiger partial charge in [-0.15, -0.1) is 5.10 Å². The van der Waals surface area contributed by atoms with Crippen molar-refractivity contribution >= 4 is 34.7 Å². The number of aryl methyl sites for hydroxylation is 1. The Hall–Kier alpha value is -2.65. The predicted octanol–water partition coefficient (Wildman–Crippen LogP) is 1.31. The van der Waals surface area contributed by atoms with E-state index < -0.39 is 0 Å². The van der Waals surface area contributed by atoms with Crippen molar-refractivity contribution < 1.29 is 4.79 Å². The van der Waals surface area contributed by atoms with Gasteiger partial charge in [0, 0.05) is 38.4 Å². The van der Waals surface area contributed by atoms with Gasteiger partial charge < -0.3 is 15.5 Å². The average molecular weight is 387 g/mol. The van der Waals surface area contributed by atoms with Gasteiger partial charge in [0.1, 0.15) is 5.69 Å². The van der Waals surface area contributed by atoms with Gasteiger partial charge in [-0.3, -0.25) is 9.48 Å². The van der Waals surface area contributed by atoms with Crippen molar-refractivity contribution in [3.05, 3.63) is 35.4 Å². The van der Waals surface area contributed by atoms with Crippen LogP contribution in [0.25, 0.3) is 5.52 Å². The smallest absolute Gasteiger partial charge is 0.274 e. The standard InChI is InChI=1S/C17H19ClN8O/c1-24-9-13(15(18)22-24)21-16(27)14-5-4-12-7-20-17(23-26(12)14)25-8-10-2-3-11(25)6-19-10/h4-5,7,9-11,19H,2-3,6,8H2,1H3,(H,21,27). The number of carbonyl (C=O) groups excluding carboxylic acids is 1. The zero-order valence-electron chi connectivity index (χ0n) is 14.8. The second kappa shape index (κ2) is 6.21. The predicted molar refractivity (Wildman–Crippen MR) is 101 cm³/mol. The van der Waals surface area contributed by atoms with Gasteiger partial charge in [0.2, 0.25) is 5.95 Å². The summed E-state index contributed by atoms with van der Waals surface area (Å²) in [6.45, 7) is 1.84. The van der Waals surface area contributed by atoms with Crippen LogP contribution in [0.3, 0.4) is 0 Å². The third-order valence-electron chi connectivity index (χ3n) is 5.26. The Morgan fingerprint density at radius 1 is 1.33 bits per heavy atom. The molecule has 0 aromatic carbocycles. The van der Waals surface area contributed by atoms with E-state index in [0.717, 1.165) is 25.0 Å². The monoisotopic (exact) mass is 386 g/mol. The van der Waals surface area contributed by atoms with E-state index in [4.69, 9.17) is 11.6 Å². The van der Waals surface area contributed by atoms with Crippen LogP contribution in [-0.2, 0) is 7.05 Å². The maximum absolute atomic E-state index is 12.8. The molecule has 10 heteroatoms. The van der Waals surface area contributed by atoms with Crippen LogP contribution < -0.4 is 15.5 Å². The molecule has 3 saturated heterocycles. The summed E-state index contributed by atoms with van der Waals surface area (Å²) in [5.74, 6) is 0.361. The first-order valence-corrected chi connectivity index (χ1v) is 9.31. The molecule has 27 heavy (non-hydrogen) atoms. The number of hydrogen-bond acceptors (Lipinski definition) is 6. The first-order valence-electron chi connectivity index (χ1n) is 8.94. The normalized spacial score (nSPS) is 21.8. The fraction of sp³-hybridized carbons (Fsp3) is 0.412. The summed E-state index contributed by atoms with van der Waals surface area (Å²) in [5.41, 5.74) is 1.66. The highest BCUT2D eigenvalue weighted by Gasteiger charge is 2.35. The number of piperazine rings is 1. The molecule has 3 aromatic heterocycles.